The van der Waals surface area contributed by atoms with Crippen molar-refractivity contribution < 1.29 is 9.59 Å². The summed E-state index contributed by atoms with van der Waals surface area (Å²) in [6.07, 6.45) is 2.91. The van der Waals surface area contributed by atoms with Crippen LogP contribution in [-0.4, -0.2) is 50.0 Å². The smallest absolute Gasteiger partial charge is 0.242 e. The van der Waals surface area contributed by atoms with E-state index in [0.717, 1.165) is 11.3 Å². The Morgan fingerprint density at radius 1 is 1.18 bits per heavy atom. The molecule has 0 heterocycles. The Hall–Kier alpha value is -1.53. The number of carbonyl (C=O) groups excluding carboxylic acids is 2. The van der Waals surface area contributed by atoms with Crippen LogP contribution in [-0.2, 0) is 16.0 Å². The molecule has 1 unspecified atom stereocenters. The van der Waals surface area contributed by atoms with Crippen LogP contribution in [0.2, 0.25) is 0 Å². The molecule has 2 amide bonds. The van der Waals surface area contributed by atoms with E-state index in [1.807, 2.05) is 43.6 Å². The number of benzene rings is 1. The van der Waals surface area contributed by atoms with Crippen molar-refractivity contribution in [1.82, 2.24) is 16.0 Å². The molecule has 1 aromatic carbocycles. The van der Waals surface area contributed by atoms with Crippen molar-refractivity contribution in [2.75, 3.05) is 32.1 Å². The largest absolute Gasteiger partial charge is 0.353 e. The molecule has 22 heavy (non-hydrogen) atoms. The van der Waals surface area contributed by atoms with Gasteiger partial charge in [-0.25, -0.2) is 0 Å². The van der Waals surface area contributed by atoms with Crippen molar-refractivity contribution >= 4 is 23.6 Å². The van der Waals surface area contributed by atoms with Crippen LogP contribution in [0.15, 0.2) is 30.3 Å². The number of thioether (sulfide) groups is 1. The molecule has 0 fully saturated rings. The van der Waals surface area contributed by atoms with Gasteiger partial charge >= 0.3 is 0 Å². The number of hydrogen-bond acceptors (Lipinski definition) is 4. The molecule has 0 saturated heterocycles. The molecule has 1 atom stereocenters. The molecule has 3 N–H and O–H groups in total. The summed E-state index contributed by atoms with van der Waals surface area (Å²) >= 11 is 1.66. The molecular formula is C16H25N3O2S. The second kappa shape index (κ2) is 11.1. The van der Waals surface area contributed by atoms with Gasteiger partial charge in [-0.15, -0.1) is 0 Å². The van der Waals surface area contributed by atoms with Crippen LogP contribution in [0.1, 0.15) is 12.0 Å². The Balaban J connectivity index is 2.51. The van der Waals surface area contributed by atoms with E-state index in [-0.39, 0.29) is 11.8 Å². The first-order valence-electron chi connectivity index (χ1n) is 7.42. The minimum atomic E-state index is -0.472. The van der Waals surface area contributed by atoms with Gasteiger partial charge in [0.05, 0.1) is 6.42 Å². The highest BCUT2D eigenvalue weighted by Crippen LogP contribution is 2.03. The van der Waals surface area contributed by atoms with Crippen LogP contribution in [0.3, 0.4) is 0 Å². The van der Waals surface area contributed by atoms with Gasteiger partial charge in [-0.3, -0.25) is 9.59 Å². The Labute approximate surface area is 136 Å². The summed E-state index contributed by atoms with van der Waals surface area (Å²) in [6, 6.07) is 9.06. The zero-order valence-electron chi connectivity index (χ0n) is 13.2. The van der Waals surface area contributed by atoms with E-state index in [9.17, 15) is 9.59 Å². The van der Waals surface area contributed by atoms with Crippen molar-refractivity contribution in [2.45, 2.75) is 18.9 Å². The monoisotopic (exact) mass is 323 g/mol. The lowest BCUT2D eigenvalue weighted by molar-refractivity contribution is -0.128. The van der Waals surface area contributed by atoms with Gasteiger partial charge in [-0.1, -0.05) is 30.3 Å². The Morgan fingerprint density at radius 2 is 1.91 bits per heavy atom. The first-order valence-corrected chi connectivity index (χ1v) is 8.81. The number of carbonyl (C=O) groups is 2. The fourth-order valence-corrected chi connectivity index (χ4v) is 2.44. The van der Waals surface area contributed by atoms with E-state index in [2.05, 4.69) is 16.0 Å². The third-order valence-electron chi connectivity index (χ3n) is 3.14. The Kier molecular flexibility index (Phi) is 9.34. The average Bonchev–Trinajstić information content (AvgIpc) is 2.52. The summed E-state index contributed by atoms with van der Waals surface area (Å²) in [5, 5.41) is 8.65. The lowest BCUT2D eigenvalue weighted by Crippen LogP contribution is -2.48. The molecule has 0 aliphatic rings. The second-order valence-corrected chi connectivity index (χ2v) is 5.94. The van der Waals surface area contributed by atoms with Gasteiger partial charge in [-0.05, 0) is 31.0 Å². The molecule has 0 aliphatic carbocycles. The van der Waals surface area contributed by atoms with Gasteiger partial charge in [0.15, 0.2) is 0 Å². The number of amides is 2. The molecule has 6 heteroatoms. The first kappa shape index (κ1) is 18.5. The molecule has 0 saturated carbocycles. The average molecular weight is 323 g/mol. The normalized spacial score (nSPS) is 11.7. The van der Waals surface area contributed by atoms with Crippen LogP contribution in [0, 0.1) is 0 Å². The van der Waals surface area contributed by atoms with Crippen LogP contribution in [0.4, 0.5) is 0 Å². The highest BCUT2D eigenvalue weighted by molar-refractivity contribution is 7.98. The fraction of sp³-hybridized carbons (Fsp3) is 0.500. The highest BCUT2D eigenvalue weighted by atomic mass is 32.2. The van der Waals surface area contributed by atoms with E-state index in [1.165, 1.54) is 0 Å². The molecule has 0 bridgehead atoms. The third kappa shape index (κ3) is 7.47. The van der Waals surface area contributed by atoms with Crippen LogP contribution >= 0.6 is 11.8 Å². The summed E-state index contributed by atoms with van der Waals surface area (Å²) < 4.78 is 0. The summed E-state index contributed by atoms with van der Waals surface area (Å²) in [6.45, 7) is 1.26. The maximum atomic E-state index is 12.1. The molecule has 1 aromatic rings. The SMILES string of the molecule is CNCCNC(=O)C(CCSC)NC(=O)Cc1ccccc1. The molecule has 122 valence electrons. The lowest BCUT2D eigenvalue weighted by Gasteiger charge is -2.18. The minimum Gasteiger partial charge on any atom is -0.353 e. The molecule has 5 nitrogen and oxygen atoms in total. The van der Waals surface area contributed by atoms with E-state index >= 15 is 0 Å². The van der Waals surface area contributed by atoms with Crippen LogP contribution in [0.25, 0.3) is 0 Å². The fourth-order valence-electron chi connectivity index (χ4n) is 1.97. The van der Waals surface area contributed by atoms with Gasteiger partial charge in [0.2, 0.25) is 11.8 Å². The summed E-state index contributed by atoms with van der Waals surface area (Å²) in [4.78, 5) is 24.3. The summed E-state index contributed by atoms with van der Waals surface area (Å²) in [5.41, 5.74) is 0.944. The third-order valence-corrected chi connectivity index (χ3v) is 3.79. The molecule has 0 aliphatic heterocycles. The van der Waals surface area contributed by atoms with Gasteiger partial charge in [-0.2, -0.15) is 11.8 Å². The summed E-state index contributed by atoms with van der Waals surface area (Å²) in [5.74, 6) is 0.585. The summed E-state index contributed by atoms with van der Waals surface area (Å²) in [7, 11) is 1.83. The van der Waals surface area contributed by atoms with Gasteiger partial charge in [0, 0.05) is 13.1 Å². The number of nitrogens with one attached hydrogen (secondary N) is 3. The number of rotatable bonds is 10. The predicted octanol–water partition coefficient (Wildman–Crippen LogP) is 0.803. The number of likely N-dealkylation sites (N-methyl/N-ethyl adjacent to an activating group) is 1. The van der Waals surface area contributed by atoms with E-state index in [1.54, 1.807) is 11.8 Å². The van der Waals surface area contributed by atoms with Gasteiger partial charge < -0.3 is 16.0 Å². The quantitative estimate of drug-likeness (QED) is 0.557. The van der Waals surface area contributed by atoms with Crippen LogP contribution in [0.5, 0.6) is 0 Å². The molecule has 1 rings (SSSR count). The molecular weight excluding hydrogens is 298 g/mol. The van der Waals surface area contributed by atoms with E-state index in [0.29, 0.717) is 25.9 Å². The van der Waals surface area contributed by atoms with E-state index < -0.39 is 6.04 Å². The van der Waals surface area contributed by atoms with Crippen molar-refractivity contribution in [3.05, 3.63) is 35.9 Å². The Morgan fingerprint density at radius 3 is 2.55 bits per heavy atom. The van der Waals surface area contributed by atoms with Crippen LogP contribution < -0.4 is 16.0 Å². The predicted molar refractivity (Wildman–Crippen MR) is 92.0 cm³/mol. The van der Waals surface area contributed by atoms with E-state index in [4.69, 9.17) is 0 Å². The van der Waals surface area contributed by atoms with Crippen molar-refractivity contribution in [3.63, 3.8) is 0 Å². The van der Waals surface area contributed by atoms with Gasteiger partial charge in [0.25, 0.3) is 0 Å². The zero-order valence-corrected chi connectivity index (χ0v) is 14.0. The van der Waals surface area contributed by atoms with Crippen molar-refractivity contribution in [3.8, 4) is 0 Å². The second-order valence-electron chi connectivity index (χ2n) is 4.96. The minimum absolute atomic E-state index is 0.120. The first-order chi connectivity index (χ1) is 10.7. The van der Waals surface area contributed by atoms with Gasteiger partial charge in [0.1, 0.15) is 6.04 Å². The maximum absolute atomic E-state index is 12.1. The maximum Gasteiger partial charge on any atom is 0.242 e. The molecule has 0 spiro atoms. The van der Waals surface area contributed by atoms with Crippen molar-refractivity contribution in [2.24, 2.45) is 0 Å². The lowest BCUT2D eigenvalue weighted by atomic mass is 10.1. The number of hydrogen-bond donors (Lipinski definition) is 3. The van der Waals surface area contributed by atoms with Crippen molar-refractivity contribution in [1.29, 1.82) is 0 Å². The highest BCUT2D eigenvalue weighted by Gasteiger charge is 2.19. The standard InChI is InChI=1S/C16H25N3O2S/c1-17-9-10-18-16(21)14(8-11-22-2)19-15(20)12-13-6-4-3-5-7-13/h3-7,14,17H,8-12H2,1-2H3,(H,18,21)(H,19,20). The molecule has 0 aromatic heterocycles. The molecule has 0 radical (unpaired) electrons. The Bertz CT molecular complexity index is 454. The topological polar surface area (TPSA) is 70.2 Å². The zero-order chi connectivity index (χ0) is 16.2.